The molecule has 4 heteroatoms. The minimum Gasteiger partial charge on any atom is -0.309 e. The second-order valence-corrected chi connectivity index (χ2v) is 12.1. The molecule has 0 aliphatic carbocycles. The normalized spacial score (nSPS) is 17.3. The number of benzene rings is 7. The molecule has 0 amide bonds. The Hall–Kier alpha value is -5.71. The van der Waals surface area contributed by atoms with Crippen molar-refractivity contribution in [1.82, 2.24) is 13.7 Å². The third kappa shape index (κ3) is 3.09. The Labute approximate surface area is 289 Å². The average molecular weight is 619 g/mol. The van der Waals surface area contributed by atoms with E-state index in [0.29, 0.717) is 5.69 Å². The molecule has 3 nitrogen and oxygen atoms in total. The van der Waals surface area contributed by atoms with Gasteiger partial charge in [-0.2, -0.15) is 0 Å². The van der Waals surface area contributed by atoms with Crippen LogP contribution in [0.25, 0.3) is 82.5 Å². The molecule has 0 bridgehead atoms. The molecule has 0 spiro atoms. The Bertz CT molecular complexity index is 3720. The van der Waals surface area contributed by atoms with Gasteiger partial charge in [0.05, 0.1) is 59.3 Å². The molecule has 1 aliphatic rings. The van der Waals surface area contributed by atoms with Crippen molar-refractivity contribution in [3.8, 4) is 17.1 Å². The van der Waals surface area contributed by atoms with Crippen molar-refractivity contribution in [3.05, 3.63) is 151 Å². The molecule has 4 heterocycles. The van der Waals surface area contributed by atoms with Crippen LogP contribution < -0.4 is 0 Å². The van der Waals surface area contributed by atoms with Gasteiger partial charge < -0.3 is 13.7 Å². The van der Waals surface area contributed by atoms with E-state index in [0.717, 1.165) is 41.9 Å². The summed E-state index contributed by atoms with van der Waals surface area (Å²) in [6.07, 6.45) is 0. The molecular weight excluding hydrogens is 579 g/mol. The third-order valence-electron chi connectivity index (χ3n) is 8.76. The van der Waals surface area contributed by atoms with Crippen LogP contribution in [0.15, 0.2) is 161 Å². The van der Waals surface area contributed by atoms with Crippen molar-refractivity contribution in [1.29, 1.82) is 0 Å². The van der Waals surface area contributed by atoms with E-state index in [2.05, 4.69) is 4.57 Å². The van der Waals surface area contributed by atoms with Gasteiger partial charge in [0.15, 0.2) is 0 Å². The van der Waals surface area contributed by atoms with E-state index < -0.39 is 96.3 Å². The van der Waals surface area contributed by atoms with Crippen LogP contribution in [0.4, 0.5) is 0 Å². The Morgan fingerprint density at radius 2 is 1.17 bits per heavy atom. The molecule has 0 N–H and O–H groups in total. The molecule has 7 aromatic carbocycles. The van der Waals surface area contributed by atoms with Crippen molar-refractivity contribution in [2.24, 2.45) is 0 Å². The molecule has 3 aromatic heterocycles. The second-order valence-electron chi connectivity index (χ2n) is 11.1. The molecule has 1 aliphatic heterocycles. The van der Waals surface area contributed by atoms with Gasteiger partial charge in [-0.25, -0.2) is 0 Å². The summed E-state index contributed by atoms with van der Waals surface area (Å²) in [5.74, 6) is 0. The minimum atomic E-state index is -0.733. The lowest BCUT2D eigenvalue weighted by molar-refractivity contribution is 1.08. The smallest absolute Gasteiger partial charge is 0.0682 e. The van der Waals surface area contributed by atoms with Gasteiger partial charge >= 0.3 is 0 Å². The number of rotatable bonds is 2. The monoisotopic (exact) mass is 618 g/mol. The number of fused-ring (bicyclic) bond motifs is 12. The predicted octanol–water partition coefficient (Wildman–Crippen LogP) is 11.4. The van der Waals surface area contributed by atoms with Gasteiger partial charge in [0.25, 0.3) is 0 Å². The first-order chi connectivity index (χ1) is 29.1. The number of para-hydroxylation sites is 5. The summed E-state index contributed by atoms with van der Waals surface area (Å²) in [5.41, 5.74) is 2.01. The Balaban J connectivity index is 1.46. The predicted molar refractivity (Wildman–Crippen MR) is 194 cm³/mol. The highest BCUT2D eigenvalue weighted by atomic mass is 32.2. The van der Waals surface area contributed by atoms with Gasteiger partial charge in [0.2, 0.25) is 0 Å². The molecular formula is C42H25N3S. The van der Waals surface area contributed by atoms with E-state index in [9.17, 15) is 8.22 Å². The lowest BCUT2D eigenvalue weighted by Gasteiger charge is -2.21. The van der Waals surface area contributed by atoms with E-state index in [4.69, 9.17) is 12.3 Å². The number of aromatic nitrogens is 3. The maximum absolute atomic E-state index is 9.64. The van der Waals surface area contributed by atoms with Gasteiger partial charge in [0.1, 0.15) is 0 Å². The molecule has 0 saturated carbocycles. The summed E-state index contributed by atoms with van der Waals surface area (Å²) in [6, 6.07) is 10.1. The largest absolute Gasteiger partial charge is 0.309 e. The van der Waals surface area contributed by atoms with Crippen molar-refractivity contribution >= 4 is 77.2 Å². The second kappa shape index (κ2) is 8.94. The van der Waals surface area contributed by atoms with Crippen LogP contribution in [0.1, 0.15) is 20.6 Å². The summed E-state index contributed by atoms with van der Waals surface area (Å²) >= 11 is 1.50. The highest BCUT2D eigenvalue weighted by molar-refractivity contribution is 7.99. The molecule has 46 heavy (non-hydrogen) atoms. The van der Waals surface area contributed by atoms with Gasteiger partial charge in [-0.1, -0.05) is 103 Å². The Kier molecular flexibility index (Phi) is 2.83. The van der Waals surface area contributed by atoms with Gasteiger partial charge in [-0.05, 0) is 60.5 Å². The molecule has 214 valence electrons. The summed E-state index contributed by atoms with van der Waals surface area (Å²) < 4.78 is 140. The summed E-state index contributed by atoms with van der Waals surface area (Å²) in [5, 5.41) is 1.21. The van der Waals surface area contributed by atoms with Gasteiger partial charge in [-0.15, -0.1) is 0 Å². The highest BCUT2D eigenvalue weighted by Crippen LogP contribution is 2.49. The highest BCUT2D eigenvalue weighted by Gasteiger charge is 2.26. The molecule has 10 aromatic rings. The maximum atomic E-state index is 9.64. The lowest BCUT2D eigenvalue weighted by atomic mass is 10.1. The molecule has 0 radical (unpaired) electrons. The van der Waals surface area contributed by atoms with Gasteiger partial charge in [0, 0.05) is 53.5 Å². The van der Waals surface area contributed by atoms with E-state index in [1.807, 2.05) is 60.7 Å². The zero-order valence-corrected chi connectivity index (χ0v) is 24.3. The maximum Gasteiger partial charge on any atom is 0.0682 e. The SMILES string of the molecule is [2H]c1c([2H])c([2H])c(-n2c3c([2H])c([2H])c([2H])c([2H])c3c3c2c([2H])c([2H])c2c4c([2H])c([2H])c([2H])c([2H])c4n(-c4cc5c6c(c4)c4ccccc4n6-c4ccccc4S5)c23)c([2H])c1[2H]. The minimum absolute atomic E-state index is 0.00986. The van der Waals surface area contributed by atoms with Crippen LogP contribution >= 0.6 is 11.8 Å². The summed E-state index contributed by atoms with van der Waals surface area (Å²) in [4.78, 5) is 1.74. The first-order valence-corrected chi connectivity index (χ1v) is 15.3. The van der Waals surface area contributed by atoms with Crippen LogP contribution in [0, 0.1) is 0 Å². The topological polar surface area (TPSA) is 14.8 Å². The zero-order valence-electron chi connectivity index (χ0n) is 38.5. The Morgan fingerprint density at radius 1 is 0.435 bits per heavy atom. The number of hydrogen-bond donors (Lipinski definition) is 0. The van der Waals surface area contributed by atoms with E-state index >= 15 is 0 Å². The van der Waals surface area contributed by atoms with Crippen molar-refractivity contribution in [2.45, 2.75) is 9.79 Å². The molecule has 0 fully saturated rings. The van der Waals surface area contributed by atoms with Crippen molar-refractivity contribution < 1.29 is 20.6 Å². The summed E-state index contributed by atoms with van der Waals surface area (Å²) in [6.45, 7) is 0. The third-order valence-corrected chi connectivity index (χ3v) is 9.86. The average Bonchev–Trinajstić information content (AvgIpc) is 3.92. The fourth-order valence-electron chi connectivity index (χ4n) is 7.01. The fraction of sp³-hybridized carbons (Fsp3) is 0. The van der Waals surface area contributed by atoms with Crippen LogP contribution in [0.2, 0.25) is 0 Å². The van der Waals surface area contributed by atoms with E-state index in [-0.39, 0.29) is 43.6 Å². The van der Waals surface area contributed by atoms with Crippen LogP contribution in [-0.2, 0) is 0 Å². The molecule has 0 saturated heterocycles. The van der Waals surface area contributed by atoms with Crippen LogP contribution in [-0.4, -0.2) is 13.7 Å². The van der Waals surface area contributed by atoms with Crippen LogP contribution in [0.5, 0.6) is 0 Å². The first kappa shape index (κ1) is 14.6. The van der Waals surface area contributed by atoms with Gasteiger partial charge in [-0.3, -0.25) is 0 Å². The zero-order chi connectivity index (χ0) is 43.0. The van der Waals surface area contributed by atoms with E-state index in [1.165, 1.54) is 11.8 Å². The quantitative estimate of drug-likeness (QED) is 0.188. The van der Waals surface area contributed by atoms with E-state index in [1.54, 1.807) is 4.57 Å². The molecule has 0 atom stereocenters. The first-order valence-electron chi connectivity index (χ1n) is 22.0. The fourth-order valence-corrected chi connectivity index (χ4v) is 8.13. The Morgan fingerprint density at radius 3 is 2.07 bits per heavy atom. The van der Waals surface area contributed by atoms with Crippen molar-refractivity contribution in [2.75, 3.05) is 0 Å². The standard InChI is InChI=1S/C42H25N3S/c1-2-12-26(13-3-1)43-35-19-9-6-16-31(35)40-37(43)23-22-30-28-14-4-7-17-33(28)44(42(30)40)27-24-32-29-15-5-8-18-34(29)45-36-20-10-11-21-38(36)46-39(25-27)41(32)45/h1-25H/i1D,2D,3D,4D,6D,7D,9D,12D,13D,14D,16D,17D,19D,22D,23D. The number of nitrogens with zero attached hydrogens (tertiary/aromatic N) is 3. The van der Waals surface area contributed by atoms with Crippen molar-refractivity contribution in [3.63, 3.8) is 0 Å². The lowest BCUT2D eigenvalue weighted by Crippen LogP contribution is -2.02. The molecule has 0 unspecified atom stereocenters. The molecule has 11 rings (SSSR count). The summed E-state index contributed by atoms with van der Waals surface area (Å²) in [7, 11) is 0. The number of hydrogen-bond acceptors (Lipinski definition) is 1. The van der Waals surface area contributed by atoms with Crippen LogP contribution in [0.3, 0.4) is 0 Å².